The van der Waals surface area contributed by atoms with Crippen LogP contribution in [0.15, 0.2) is 35.1 Å². The van der Waals surface area contributed by atoms with Gasteiger partial charge in [-0.15, -0.1) is 0 Å². The third-order valence-electron chi connectivity index (χ3n) is 3.31. The molecule has 0 atom stereocenters. The zero-order chi connectivity index (χ0) is 17.9. The van der Waals surface area contributed by atoms with Gasteiger partial charge in [-0.3, -0.25) is 9.36 Å². The Morgan fingerprint density at radius 1 is 1.25 bits per heavy atom. The summed E-state index contributed by atoms with van der Waals surface area (Å²) in [5.74, 6) is -3.33. The van der Waals surface area contributed by atoms with Crippen molar-refractivity contribution in [2.24, 2.45) is 7.05 Å². The molecule has 2 N–H and O–H groups in total. The van der Waals surface area contributed by atoms with Gasteiger partial charge in [0, 0.05) is 7.05 Å². The first-order valence-corrected chi connectivity index (χ1v) is 6.88. The second-order valence-electron chi connectivity index (χ2n) is 4.99. The molecule has 0 bridgehead atoms. The lowest BCUT2D eigenvalue weighted by Gasteiger charge is -2.15. The number of esters is 1. The number of benzene rings is 1. The molecule has 0 aliphatic carbocycles. The number of ether oxygens (including phenoxy) is 1. The lowest BCUT2D eigenvalue weighted by molar-refractivity contribution is -0.190. The van der Waals surface area contributed by atoms with Crippen LogP contribution in [0.4, 0.5) is 19.1 Å². The number of carbonyl (C=O) groups excluding carboxylic acids is 1. The number of nitrogens with two attached hydrogens (primary N) is 1. The van der Waals surface area contributed by atoms with Crippen LogP contribution in [0.2, 0.25) is 0 Å². The third kappa shape index (κ3) is 3.92. The van der Waals surface area contributed by atoms with E-state index in [4.69, 9.17) is 5.73 Å². The maximum atomic E-state index is 12.4. The van der Waals surface area contributed by atoms with Gasteiger partial charge in [0.1, 0.15) is 0 Å². The molecule has 9 heteroatoms. The summed E-state index contributed by atoms with van der Waals surface area (Å²) in [5, 5.41) is 0. The topological polar surface area (TPSA) is 87.2 Å². The summed E-state index contributed by atoms with van der Waals surface area (Å²) in [6.45, 7) is 0. The molecular weight excluding hydrogens is 327 g/mol. The number of halogens is 3. The predicted molar refractivity (Wildman–Crippen MR) is 79.4 cm³/mol. The highest BCUT2D eigenvalue weighted by molar-refractivity contribution is 5.78. The highest BCUT2D eigenvalue weighted by Gasteiger charge is 2.42. The molecule has 0 aliphatic heterocycles. The van der Waals surface area contributed by atoms with E-state index in [2.05, 4.69) is 9.72 Å². The number of anilines is 1. The maximum Gasteiger partial charge on any atom is 0.491 e. The zero-order valence-corrected chi connectivity index (χ0v) is 12.6. The van der Waals surface area contributed by atoms with E-state index in [1.54, 1.807) is 24.3 Å². The molecule has 0 amide bonds. The van der Waals surface area contributed by atoms with Crippen molar-refractivity contribution in [1.29, 1.82) is 0 Å². The summed E-state index contributed by atoms with van der Waals surface area (Å²) >= 11 is 0. The van der Waals surface area contributed by atoms with Crippen molar-refractivity contribution < 1.29 is 22.7 Å². The van der Waals surface area contributed by atoms with Crippen molar-refractivity contribution in [3.8, 4) is 5.88 Å². The Morgan fingerprint density at radius 3 is 2.46 bits per heavy atom. The van der Waals surface area contributed by atoms with E-state index >= 15 is 0 Å². The van der Waals surface area contributed by atoms with Crippen molar-refractivity contribution in [1.82, 2.24) is 9.55 Å². The van der Waals surface area contributed by atoms with Gasteiger partial charge in [0.05, 0.1) is 5.56 Å². The molecule has 128 valence electrons. The fraction of sp³-hybridized carbons (Fsp3) is 0.267. The van der Waals surface area contributed by atoms with Crippen LogP contribution in [0.5, 0.6) is 5.88 Å². The molecule has 1 aromatic heterocycles. The minimum absolute atomic E-state index is 0.0461. The van der Waals surface area contributed by atoms with Crippen LogP contribution < -0.4 is 16.0 Å². The van der Waals surface area contributed by atoms with Crippen LogP contribution in [-0.4, -0.2) is 21.7 Å². The Morgan fingerprint density at radius 2 is 1.88 bits per heavy atom. The fourth-order valence-electron chi connectivity index (χ4n) is 2.05. The van der Waals surface area contributed by atoms with E-state index in [0.29, 0.717) is 6.42 Å². The van der Waals surface area contributed by atoms with Crippen molar-refractivity contribution >= 4 is 11.9 Å². The molecule has 2 aromatic rings. The minimum Gasteiger partial charge on any atom is -0.402 e. The SMILES string of the molecule is Cn1c(N)nc(=O)c(CCc2ccccc2)c1OC(=O)C(F)(F)F. The predicted octanol–water partition coefficient (Wildman–Crippen LogP) is 1.62. The molecule has 0 radical (unpaired) electrons. The van der Waals surface area contributed by atoms with Crippen LogP contribution >= 0.6 is 0 Å². The number of rotatable bonds is 4. The molecule has 0 spiro atoms. The molecular formula is C15H14F3N3O3. The first-order chi connectivity index (χ1) is 11.2. The second-order valence-corrected chi connectivity index (χ2v) is 4.99. The lowest BCUT2D eigenvalue weighted by atomic mass is 10.1. The molecule has 0 fully saturated rings. The first kappa shape index (κ1) is 17.5. The first-order valence-electron chi connectivity index (χ1n) is 6.88. The van der Waals surface area contributed by atoms with E-state index in [9.17, 15) is 22.8 Å². The molecule has 0 unspecified atom stereocenters. The van der Waals surface area contributed by atoms with Crippen molar-refractivity contribution in [3.05, 3.63) is 51.8 Å². The van der Waals surface area contributed by atoms with E-state index in [-0.39, 0.29) is 17.9 Å². The summed E-state index contributed by atoms with van der Waals surface area (Å²) in [6, 6.07) is 9.00. The molecule has 1 aromatic carbocycles. The summed E-state index contributed by atoms with van der Waals surface area (Å²) < 4.78 is 42.6. The van der Waals surface area contributed by atoms with Gasteiger partial charge in [0.15, 0.2) is 0 Å². The fourth-order valence-corrected chi connectivity index (χ4v) is 2.05. The zero-order valence-electron chi connectivity index (χ0n) is 12.6. The molecule has 0 aliphatic rings. The number of aromatic nitrogens is 2. The number of alkyl halides is 3. The van der Waals surface area contributed by atoms with Crippen LogP contribution in [-0.2, 0) is 24.7 Å². The molecule has 0 saturated carbocycles. The molecule has 6 nitrogen and oxygen atoms in total. The van der Waals surface area contributed by atoms with Gasteiger partial charge in [-0.2, -0.15) is 18.2 Å². The number of aryl methyl sites for hydroxylation is 1. The van der Waals surface area contributed by atoms with Crippen LogP contribution in [0, 0.1) is 0 Å². The Balaban J connectivity index is 2.37. The summed E-state index contributed by atoms with van der Waals surface area (Å²) in [5.41, 5.74) is 5.35. The summed E-state index contributed by atoms with van der Waals surface area (Å²) in [7, 11) is 1.26. The van der Waals surface area contributed by atoms with E-state index in [1.165, 1.54) is 7.05 Å². The van der Waals surface area contributed by atoms with Crippen LogP contribution in [0.25, 0.3) is 0 Å². The molecule has 2 rings (SSSR count). The third-order valence-corrected chi connectivity index (χ3v) is 3.31. The number of hydrogen-bond donors (Lipinski definition) is 1. The molecule has 0 saturated heterocycles. The van der Waals surface area contributed by atoms with E-state index in [1.807, 2.05) is 6.07 Å². The van der Waals surface area contributed by atoms with Gasteiger partial charge < -0.3 is 10.5 Å². The minimum atomic E-state index is -5.19. The standard InChI is InChI=1S/C15H14F3N3O3/c1-21-12(24-13(23)15(16,17)18)10(11(22)20-14(21)19)8-7-9-5-3-2-4-6-9/h2-6H,7-8H2,1H3,(H2,19,20,22). The van der Waals surface area contributed by atoms with E-state index in [0.717, 1.165) is 10.1 Å². The van der Waals surface area contributed by atoms with Gasteiger partial charge in [-0.25, -0.2) is 4.79 Å². The highest BCUT2D eigenvalue weighted by Crippen LogP contribution is 2.23. The average Bonchev–Trinajstić information content (AvgIpc) is 2.51. The maximum absolute atomic E-state index is 12.4. The van der Waals surface area contributed by atoms with Crippen LogP contribution in [0.1, 0.15) is 11.1 Å². The monoisotopic (exact) mass is 341 g/mol. The Labute approximate surface area is 134 Å². The number of hydrogen-bond acceptors (Lipinski definition) is 5. The Hall–Kier alpha value is -2.84. The van der Waals surface area contributed by atoms with Crippen molar-refractivity contribution in [2.45, 2.75) is 19.0 Å². The van der Waals surface area contributed by atoms with Gasteiger partial charge in [-0.1, -0.05) is 30.3 Å². The largest absolute Gasteiger partial charge is 0.491 e. The number of nitrogens with zero attached hydrogens (tertiary/aromatic N) is 2. The molecule has 1 heterocycles. The number of carbonyl (C=O) groups is 1. The normalized spacial score (nSPS) is 11.3. The van der Waals surface area contributed by atoms with E-state index < -0.39 is 23.6 Å². The van der Waals surface area contributed by atoms with Gasteiger partial charge in [0.2, 0.25) is 11.8 Å². The lowest BCUT2D eigenvalue weighted by Crippen LogP contribution is -2.32. The smallest absolute Gasteiger partial charge is 0.402 e. The average molecular weight is 341 g/mol. The van der Waals surface area contributed by atoms with Crippen LogP contribution in [0.3, 0.4) is 0 Å². The molecule has 24 heavy (non-hydrogen) atoms. The Kier molecular flexibility index (Phi) is 4.91. The van der Waals surface area contributed by atoms with Crippen molar-refractivity contribution in [3.63, 3.8) is 0 Å². The number of nitrogen functional groups attached to an aromatic ring is 1. The highest BCUT2D eigenvalue weighted by atomic mass is 19.4. The van der Waals surface area contributed by atoms with Gasteiger partial charge in [-0.05, 0) is 18.4 Å². The van der Waals surface area contributed by atoms with Crippen molar-refractivity contribution in [2.75, 3.05) is 5.73 Å². The Bertz CT molecular complexity index is 801. The summed E-state index contributed by atoms with van der Waals surface area (Å²) in [6.07, 6.45) is -4.78. The van der Waals surface area contributed by atoms with Gasteiger partial charge >= 0.3 is 12.1 Å². The summed E-state index contributed by atoms with van der Waals surface area (Å²) in [4.78, 5) is 26.6. The van der Waals surface area contributed by atoms with Gasteiger partial charge in [0.25, 0.3) is 5.56 Å². The quantitative estimate of drug-likeness (QED) is 0.854. The second kappa shape index (κ2) is 6.73.